The van der Waals surface area contributed by atoms with Gasteiger partial charge in [-0.05, 0) is 24.1 Å². The summed E-state index contributed by atoms with van der Waals surface area (Å²) in [5, 5.41) is 18.7. The van der Waals surface area contributed by atoms with Crippen LogP contribution < -0.4 is 0 Å². The van der Waals surface area contributed by atoms with E-state index < -0.39 is 0 Å². The second-order valence-electron chi connectivity index (χ2n) is 3.25. The van der Waals surface area contributed by atoms with Gasteiger partial charge in [0, 0.05) is 12.5 Å². The Bertz CT molecular complexity index is 287. The van der Waals surface area contributed by atoms with Crippen LogP contribution in [0.3, 0.4) is 0 Å². The Balaban J connectivity index is 3.13. The van der Waals surface area contributed by atoms with Crippen LogP contribution in [0.15, 0.2) is 12.1 Å². The summed E-state index contributed by atoms with van der Waals surface area (Å²) in [5.74, 6) is 0.173. The first-order chi connectivity index (χ1) is 6.06. The Morgan fingerprint density at radius 2 is 2.08 bits per heavy atom. The van der Waals surface area contributed by atoms with Crippen molar-refractivity contribution in [2.75, 3.05) is 6.61 Å². The molecule has 2 nitrogen and oxygen atoms in total. The van der Waals surface area contributed by atoms with Gasteiger partial charge in [0.15, 0.2) is 0 Å². The maximum absolute atomic E-state index is 9.39. The van der Waals surface area contributed by atoms with E-state index in [-0.39, 0.29) is 18.3 Å². The maximum Gasteiger partial charge on any atom is 0.137 e. The molecule has 1 atom stereocenters. The van der Waals surface area contributed by atoms with Gasteiger partial charge in [-0.25, -0.2) is 0 Å². The van der Waals surface area contributed by atoms with Crippen LogP contribution >= 0.6 is 11.6 Å². The number of aryl methyl sites for hydroxylation is 1. The molecule has 3 heteroatoms. The fourth-order valence-electron chi connectivity index (χ4n) is 1.15. The summed E-state index contributed by atoms with van der Waals surface area (Å²) in [6.45, 7) is 3.78. The lowest BCUT2D eigenvalue weighted by Gasteiger charge is -2.11. The second kappa shape index (κ2) is 3.99. The molecule has 1 rings (SSSR count). The average Bonchev–Trinajstić information content (AvgIpc) is 2.12. The van der Waals surface area contributed by atoms with Gasteiger partial charge in [0.2, 0.25) is 0 Å². The molecule has 0 saturated carbocycles. The van der Waals surface area contributed by atoms with E-state index in [1.807, 2.05) is 13.0 Å². The molecule has 0 saturated heterocycles. The Hall–Kier alpha value is -0.730. The zero-order valence-electron chi connectivity index (χ0n) is 7.71. The van der Waals surface area contributed by atoms with Gasteiger partial charge in [-0.1, -0.05) is 24.6 Å². The minimum atomic E-state index is 0.0526. The zero-order valence-corrected chi connectivity index (χ0v) is 8.47. The smallest absolute Gasteiger partial charge is 0.137 e. The second-order valence-corrected chi connectivity index (χ2v) is 3.66. The van der Waals surface area contributed by atoms with E-state index in [0.717, 1.165) is 11.1 Å². The molecule has 13 heavy (non-hydrogen) atoms. The predicted molar refractivity (Wildman–Crippen MR) is 53.4 cm³/mol. The fraction of sp³-hybridized carbons (Fsp3) is 0.400. The molecule has 0 aliphatic carbocycles. The van der Waals surface area contributed by atoms with E-state index in [4.69, 9.17) is 16.7 Å². The molecule has 1 aromatic rings. The normalized spacial score (nSPS) is 12.9. The summed E-state index contributed by atoms with van der Waals surface area (Å²) in [7, 11) is 0. The van der Waals surface area contributed by atoms with E-state index in [0.29, 0.717) is 5.02 Å². The Morgan fingerprint density at radius 1 is 1.46 bits per heavy atom. The molecule has 2 N–H and O–H groups in total. The number of halogens is 1. The lowest BCUT2D eigenvalue weighted by Crippen LogP contribution is -1.99. The number of aliphatic hydroxyl groups excluding tert-OH is 1. The Morgan fingerprint density at radius 3 is 2.54 bits per heavy atom. The number of benzene rings is 1. The van der Waals surface area contributed by atoms with Crippen LogP contribution in [0.1, 0.15) is 24.0 Å². The van der Waals surface area contributed by atoms with Crippen molar-refractivity contribution in [2.24, 2.45) is 0 Å². The summed E-state index contributed by atoms with van der Waals surface area (Å²) in [6.07, 6.45) is 0. The minimum absolute atomic E-state index is 0.0526. The molecular weight excluding hydrogens is 188 g/mol. The van der Waals surface area contributed by atoms with Gasteiger partial charge in [0.1, 0.15) is 5.75 Å². The fourth-order valence-corrected chi connectivity index (χ4v) is 1.43. The molecule has 72 valence electrons. The van der Waals surface area contributed by atoms with Gasteiger partial charge in [-0.3, -0.25) is 0 Å². The number of rotatable bonds is 2. The van der Waals surface area contributed by atoms with Crippen molar-refractivity contribution in [3.8, 4) is 5.75 Å². The average molecular weight is 201 g/mol. The van der Waals surface area contributed by atoms with Crippen LogP contribution in [0, 0.1) is 6.92 Å². The zero-order chi connectivity index (χ0) is 10.0. The van der Waals surface area contributed by atoms with Crippen LogP contribution in [0.2, 0.25) is 5.02 Å². The van der Waals surface area contributed by atoms with Crippen molar-refractivity contribution in [1.82, 2.24) is 0 Å². The van der Waals surface area contributed by atoms with E-state index in [1.54, 1.807) is 13.0 Å². The maximum atomic E-state index is 9.39. The molecular formula is C10H13ClO2. The Labute approximate surface area is 82.8 Å². The summed E-state index contributed by atoms with van der Waals surface area (Å²) in [5.41, 5.74) is 1.69. The molecule has 1 aromatic carbocycles. The highest BCUT2D eigenvalue weighted by Crippen LogP contribution is 2.30. The molecule has 0 aromatic heterocycles. The molecule has 0 fully saturated rings. The van der Waals surface area contributed by atoms with Crippen LogP contribution in [0.4, 0.5) is 0 Å². The minimum Gasteiger partial charge on any atom is -0.506 e. The lowest BCUT2D eigenvalue weighted by molar-refractivity contribution is 0.273. The number of aromatic hydroxyl groups is 1. The van der Waals surface area contributed by atoms with Crippen LogP contribution in [-0.2, 0) is 0 Å². The molecule has 0 radical (unpaired) electrons. The van der Waals surface area contributed by atoms with Crippen molar-refractivity contribution < 1.29 is 10.2 Å². The number of phenolic OH excluding ortho intramolecular Hbond substituents is 1. The molecule has 0 amide bonds. The first-order valence-electron chi connectivity index (χ1n) is 4.16. The van der Waals surface area contributed by atoms with Gasteiger partial charge in [-0.2, -0.15) is 0 Å². The molecule has 0 bridgehead atoms. The standard InChI is InChI=1S/C10H13ClO2/c1-6-3-8(7(2)5-12)4-9(11)10(6)13/h3-4,7,12-13H,5H2,1-2H3. The monoisotopic (exact) mass is 200 g/mol. The predicted octanol–water partition coefficient (Wildman–Crippen LogP) is 2.45. The van der Waals surface area contributed by atoms with Crippen molar-refractivity contribution >= 4 is 11.6 Å². The van der Waals surface area contributed by atoms with Crippen molar-refractivity contribution in [3.63, 3.8) is 0 Å². The number of hydrogen-bond donors (Lipinski definition) is 2. The van der Waals surface area contributed by atoms with E-state index in [9.17, 15) is 5.11 Å². The summed E-state index contributed by atoms with van der Waals surface area (Å²) in [4.78, 5) is 0. The van der Waals surface area contributed by atoms with Crippen LogP contribution in [0.5, 0.6) is 5.75 Å². The molecule has 0 spiro atoms. The topological polar surface area (TPSA) is 40.5 Å². The molecule has 0 aliphatic rings. The first kappa shape index (κ1) is 10.4. The Kier molecular flexibility index (Phi) is 3.17. The molecule has 1 unspecified atom stereocenters. The lowest BCUT2D eigenvalue weighted by atomic mass is 10.00. The molecule has 0 aliphatic heterocycles. The largest absolute Gasteiger partial charge is 0.506 e. The SMILES string of the molecule is Cc1cc(C(C)CO)cc(Cl)c1O. The van der Waals surface area contributed by atoms with E-state index >= 15 is 0 Å². The summed E-state index contributed by atoms with van der Waals surface area (Å²) < 4.78 is 0. The van der Waals surface area contributed by atoms with Crippen LogP contribution in [0.25, 0.3) is 0 Å². The van der Waals surface area contributed by atoms with Crippen LogP contribution in [-0.4, -0.2) is 16.8 Å². The highest BCUT2D eigenvalue weighted by Gasteiger charge is 2.09. The number of phenols is 1. The highest BCUT2D eigenvalue weighted by molar-refractivity contribution is 6.32. The highest BCUT2D eigenvalue weighted by atomic mass is 35.5. The van der Waals surface area contributed by atoms with E-state index in [2.05, 4.69) is 0 Å². The third-order valence-corrected chi connectivity index (χ3v) is 2.41. The quantitative estimate of drug-likeness (QED) is 0.770. The third-order valence-electron chi connectivity index (χ3n) is 2.12. The van der Waals surface area contributed by atoms with Gasteiger partial charge < -0.3 is 10.2 Å². The van der Waals surface area contributed by atoms with Crippen molar-refractivity contribution in [1.29, 1.82) is 0 Å². The number of aliphatic hydroxyl groups is 1. The first-order valence-corrected chi connectivity index (χ1v) is 4.54. The van der Waals surface area contributed by atoms with Gasteiger partial charge in [0.25, 0.3) is 0 Å². The number of hydrogen-bond acceptors (Lipinski definition) is 2. The van der Waals surface area contributed by atoms with Crippen molar-refractivity contribution in [2.45, 2.75) is 19.8 Å². The summed E-state index contributed by atoms with van der Waals surface area (Å²) >= 11 is 5.79. The van der Waals surface area contributed by atoms with Gasteiger partial charge in [-0.15, -0.1) is 0 Å². The summed E-state index contributed by atoms with van der Waals surface area (Å²) in [6, 6.07) is 3.52. The van der Waals surface area contributed by atoms with Gasteiger partial charge >= 0.3 is 0 Å². The van der Waals surface area contributed by atoms with Crippen molar-refractivity contribution in [3.05, 3.63) is 28.3 Å². The van der Waals surface area contributed by atoms with E-state index in [1.165, 1.54) is 0 Å². The molecule has 0 heterocycles. The van der Waals surface area contributed by atoms with Gasteiger partial charge in [0.05, 0.1) is 5.02 Å². The third kappa shape index (κ3) is 2.14.